The smallest absolute Gasteiger partial charge is 0.163 e. The highest BCUT2D eigenvalue weighted by Gasteiger charge is 1.87. The van der Waals surface area contributed by atoms with Crippen LogP contribution in [0.4, 0.5) is 0 Å². The molecule has 1 nitrogen and oxygen atoms in total. The maximum atomic E-state index is 5.08. The van der Waals surface area contributed by atoms with Gasteiger partial charge in [0.1, 0.15) is 0 Å². The summed E-state index contributed by atoms with van der Waals surface area (Å²) >= 11 is 4.72. The summed E-state index contributed by atoms with van der Waals surface area (Å²) in [6.45, 7) is 5.73. The Morgan fingerprint density at radius 1 is 1.56 bits per heavy atom. The molecule has 0 aromatic rings. The number of ether oxygens (including phenoxy) is 1. The molecule has 0 aliphatic heterocycles. The lowest BCUT2D eigenvalue weighted by atomic mass is 10.4. The molecule has 9 heavy (non-hydrogen) atoms. The molecular formula is C7H12OS. The van der Waals surface area contributed by atoms with Crippen molar-refractivity contribution in [2.45, 2.75) is 27.2 Å². The van der Waals surface area contributed by atoms with Crippen LogP contribution >= 0.6 is 12.2 Å². The Bertz CT molecular complexity index is 127. The fraction of sp³-hybridized carbons (Fsp3) is 0.571. The summed E-state index contributed by atoms with van der Waals surface area (Å²) in [6.07, 6.45) is 2.99. The second-order valence-electron chi connectivity index (χ2n) is 1.82. The second-order valence-corrected chi connectivity index (χ2v) is 2.39. The summed E-state index contributed by atoms with van der Waals surface area (Å²) < 4.78 is 5.08. The van der Waals surface area contributed by atoms with Crippen LogP contribution in [0.1, 0.15) is 27.2 Å². The second kappa shape index (κ2) is 4.50. The Balaban J connectivity index is 3.62. The highest BCUT2D eigenvalue weighted by atomic mass is 32.1. The molecule has 0 fully saturated rings. The average Bonchev–Trinajstić information content (AvgIpc) is 1.63. The molecule has 0 saturated heterocycles. The van der Waals surface area contributed by atoms with Crippen LogP contribution in [0.3, 0.4) is 0 Å². The van der Waals surface area contributed by atoms with Crippen LogP contribution in [0.5, 0.6) is 0 Å². The number of rotatable bonds is 2. The lowest BCUT2D eigenvalue weighted by Crippen LogP contribution is -1.92. The molecule has 0 bridgehead atoms. The number of hydrogen-bond donors (Lipinski definition) is 0. The predicted octanol–water partition coefficient (Wildman–Crippen LogP) is 2.66. The number of thiocarbonyl (C=S) groups is 1. The zero-order valence-corrected chi connectivity index (χ0v) is 6.92. The molecule has 0 N–H and O–H groups in total. The van der Waals surface area contributed by atoms with Crippen molar-refractivity contribution in [3.8, 4) is 0 Å². The minimum atomic E-state index is 0.581. The fourth-order valence-electron chi connectivity index (χ4n) is 0.556. The van der Waals surface area contributed by atoms with E-state index in [1.807, 2.05) is 13.0 Å². The van der Waals surface area contributed by atoms with E-state index in [1.165, 1.54) is 0 Å². The number of allylic oxidation sites excluding steroid dienone is 2. The summed E-state index contributed by atoms with van der Waals surface area (Å²) in [5.74, 6) is 0.894. The quantitative estimate of drug-likeness (QED) is 0.435. The summed E-state index contributed by atoms with van der Waals surface area (Å²) in [5.41, 5.74) is 0. The van der Waals surface area contributed by atoms with Gasteiger partial charge in [0.15, 0.2) is 5.05 Å². The zero-order valence-electron chi connectivity index (χ0n) is 6.10. The van der Waals surface area contributed by atoms with Crippen LogP contribution in [-0.2, 0) is 4.74 Å². The van der Waals surface area contributed by atoms with Crippen LogP contribution in [-0.4, -0.2) is 5.05 Å². The van der Waals surface area contributed by atoms with E-state index in [9.17, 15) is 0 Å². The molecule has 0 radical (unpaired) electrons. The molecule has 0 aliphatic carbocycles. The minimum absolute atomic E-state index is 0.581. The first-order valence-electron chi connectivity index (χ1n) is 3.02. The van der Waals surface area contributed by atoms with Crippen LogP contribution in [0.25, 0.3) is 0 Å². The van der Waals surface area contributed by atoms with Crippen LogP contribution < -0.4 is 0 Å². The summed E-state index contributed by atoms with van der Waals surface area (Å²) in [6, 6.07) is 0. The SMILES string of the molecule is CCC=C(C)OC(C)=S. The summed E-state index contributed by atoms with van der Waals surface area (Å²) in [5, 5.41) is 0.581. The van der Waals surface area contributed by atoms with Crippen molar-refractivity contribution in [3.63, 3.8) is 0 Å². The van der Waals surface area contributed by atoms with Gasteiger partial charge in [0.05, 0.1) is 5.76 Å². The molecule has 0 unspecified atom stereocenters. The van der Waals surface area contributed by atoms with Crippen LogP contribution in [0, 0.1) is 0 Å². The third-order valence-corrected chi connectivity index (χ3v) is 0.880. The van der Waals surface area contributed by atoms with Gasteiger partial charge in [-0.3, -0.25) is 0 Å². The largest absolute Gasteiger partial charge is 0.456 e. The van der Waals surface area contributed by atoms with Crippen LogP contribution in [0.15, 0.2) is 11.8 Å². The molecule has 2 heteroatoms. The topological polar surface area (TPSA) is 9.23 Å². The first-order chi connectivity index (χ1) is 4.16. The lowest BCUT2D eigenvalue weighted by Gasteiger charge is -2.00. The van der Waals surface area contributed by atoms with Gasteiger partial charge in [-0.05, 0) is 31.6 Å². The van der Waals surface area contributed by atoms with E-state index in [-0.39, 0.29) is 0 Å². The van der Waals surface area contributed by atoms with Crippen molar-refractivity contribution in [1.82, 2.24) is 0 Å². The van der Waals surface area contributed by atoms with E-state index in [2.05, 4.69) is 6.92 Å². The van der Waals surface area contributed by atoms with E-state index < -0.39 is 0 Å². The maximum Gasteiger partial charge on any atom is 0.163 e. The van der Waals surface area contributed by atoms with Gasteiger partial charge in [0, 0.05) is 6.92 Å². The third kappa shape index (κ3) is 5.50. The van der Waals surface area contributed by atoms with E-state index in [1.54, 1.807) is 6.92 Å². The van der Waals surface area contributed by atoms with Crippen LogP contribution in [0.2, 0.25) is 0 Å². The average molecular weight is 144 g/mol. The Morgan fingerprint density at radius 3 is 2.44 bits per heavy atom. The molecule has 0 aliphatic rings. The molecular weight excluding hydrogens is 132 g/mol. The Morgan fingerprint density at radius 2 is 2.11 bits per heavy atom. The molecule has 0 amide bonds. The van der Waals surface area contributed by atoms with Gasteiger partial charge < -0.3 is 4.74 Å². The molecule has 0 rings (SSSR count). The van der Waals surface area contributed by atoms with Gasteiger partial charge in [0.25, 0.3) is 0 Å². The molecule has 0 atom stereocenters. The van der Waals surface area contributed by atoms with Crippen molar-refractivity contribution in [2.24, 2.45) is 0 Å². The summed E-state index contributed by atoms with van der Waals surface area (Å²) in [7, 11) is 0. The maximum absolute atomic E-state index is 5.08. The van der Waals surface area contributed by atoms with Gasteiger partial charge in [-0.15, -0.1) is 0 Å². The highest BCUT2D eigenvalue weighted by Crippen LogP contribution is 1.97. The van der Waals surface area contributed by atoms with E-state index in [4.69, 9.17) is 17.0 Å². The van der Waals surface area contributed by atoms with Crippen molar-refractivity contribution in [1.29, 1.82) is 0 Å². The standard InChI is InChI=1S/C7H12OS/c1-4-5-6(2)8-7(3)9/h5H,4H2,1-3H3. The summed E-state index contributed by atoms with van der Waals surface area (Å²) in [4.78, 5) is 0. The zero-order chi connectivity index (χ0) is 7.28. The van der Waals surface area contributed by atoms with Gasteiger partial charge in [-0.1, -0.05) is 6.92 Å². The minimum Gasteiger partial charge on any atom is -0.456 e. The molecule has 0 aromatic carbocycles. The first-order valence-corrected chi connectivity index (χ1v) is 3.42. The molecule has 0 heterocycles. The van der Waals surface area contributed by atoms with E-state index >= 15 is 0 Å². The monoisotopic (exact) mass is 144 g/mol. The van der Waals surface area contributed by atoms with Gasteiger partial charge in [0.2, 0.25) is 0 Å². The Hall–Kier alpha value is -0.370. The number of hydrogen-bond acceptors (Lipinski definition) is 2. The predicted molar refractivity (Wildman–Crippen MR) is 43.4 cm³/mol. The van der Waals surface area contributed by atoms with Crippen molar-refractivity contribution >= 4 is 17.3 Å². The Kier molecular flexibility index (Phi) is 4.32. The highest BCUT2D eigenvalue weighted by molar-refractivity contribution is 7.80. The lowest BCUT2D eigenvalue weighted by molar-refractivity contribution is 0.423. The van der Waals surface area contributed by atoms with Gasteiger partial charge in [-0.25, -0.2) is 0 Å². The normalized spacial score (nSPS) is 11.2. The molecule has 0 spiro atoms. The molecule has 52 valence electrons. The van der Waals surface area contributed by atoms with Crippen molar-refractivity contribution < 1.29 is 4.74 Å². The first kappa shape index (κ1) is 8.63. The molecule has 0 saturated carbocycles. The van der Waals surface area contributed by atoms with Crippen molar-refractivity contribution in [2.75, 3.05) is 0 Å². The van der Waals surface area contributed by atoms with E-state index in [0.717, 1.165) is 12.2 Å². The molecule has 0 aromatic heterocycles. The van der Waals surface area contributed by atoms with Gasteiger partial charge in [-0.2, -0.15) is 0 Å². The van der Waals surface area contributed by atoms with Gasteiger partial charge >= 0.3 is 0 Å². The fourth-order valence-corrected chi connectivity index (χ4v) is 0.687. The third-order valence-electron chi connectivity index (χ3n) is 0.796. The Labute approximate surface area is 61.7 Å². The van der Waals surface area contributed by atoms with Crippen molar-refractivity contribution in [3.05, 3.63) is 11.8 Å². The van der Waals surface area contributed by atoms with E-state index in [0.29, 0.717) is 5.05 Å².